The molecule has 0 atom stereocenters. The first kappa shape index (κ1) is 20.9. The average molecular weight is 421 g/mol. The number of piperazine rings is 1. The van der Waals surface area contributed by atoms with Gasteiger partial charge in [-0.25, -0.2) is 0 Å². The van der Waals surface area contributed by atoms with E-state index in [-0.39, 0.29) is 11.9 Å². The van der Waals surface area contributed by atoms with Gasteiger partial charge >= 0.3 is 11.8 Å². The lowest BCUT2D eigenvalue weighted by Gasteiger charge is -2.42. The highest BCUT2D eigenvalue weighted by molar-refractivity contribution is 6.35. The topological polar surface area (TPSA) is 70.2 Å². The maximum absolute atomic E-state index is 12.9. The Morgan fingerprint density at radius 1 is 0.903 bits per heavy atom. The van der Waals surface area contributed by atoms with Gasteiger partial charge in [-0.05, 0) is 30.5 Å². The van der Waals surface area contributed by atoms with Crippen LogP contribution in [0.1, 0.15) is 28.8 Å². The van der Waals surface area contributed by atoms with E-state index >= 15 is 0 Å². The van der Waals surface area contributed by atoms with Crippen molar-refractivity contribution in [1.82, 2.24) is 14.7 Å². The van der Waals surface area contributed by atoms with Gasteiger partial charge in [0.2, 0.25) is 0 Å². The monoisotopic (exact) mass is 421 g/mol. The molecule has 2 fully saturated rings. The molecule has 0 N–H and O–H groups in total. The Kier molecular flexibility index (Phi) is 6.21. The third-order valence-corrected chi connectivity index (χ3v) is 6.09. The van der Waals surface area contributed by atoms with Gasteiger partial charge in [0.1, 0.15) is 5.75 Å². The number of benzene rings is 2. The van der Waals surface area contributed by atoms with E-state index in [1.165, 1.54) is 0 Å². The van der Waals surface area contributed by atoms with Gasteiger partial charge in [0.15, 0.2) is 0 Å². The number of para-hydroxylation sites is 1. The molecule has 0 saturated carbocycles. The van der Waals surface area contributed by atoms with Gasteiger partial charge in [0, 0.05) is 38.8 Å². The van der Waals surface area contributed by atoms with Crippen molar-refractivity contribution in [3.05, 3.63) is 65.7 Å². The Labute approximate surface area is 182 Å². The molecule has 0 aromatic heterocycles. The number of likely N-dealkylation sites (tertiary alicyclic amines) is 1. The summed E-state index contributed by atoms with van der Waals surface area (Å²) in [7, 11) is 1.55. The van der Waals surface area contributed by atoms with Gasteiger partial charge in [-0.3, -0.25) is 14.4 Å². The zero-order valence-corrected chi connectivity index (χ0v) is 17.7. The summed E-state index contributed by atoms with van der Waals surface area (Å²) in [5.74, 6) is -0.379. The average Bonchev–Trinajstić information content (AvgIpc) is 2.82. The second-order valence-electron chi connectivity index (χ2n) is 7.93. The number of piperidine rings is 1. The Hall–Kier alpha value is -3.35. The van der Waals surface area contributed by atoms with E-state index in [4.69, 9.17) is 4.74 Å². The summed E-state index contributed by atoms with van der Waals surface area (Å²) in [6.45, 7) is 2.61. The number of hydrogen-bond acceptors (Lipinski definition) is 4. The van der Waals surface area contributed by atoms with E-state index in [1.54, 1.807) is 33.9 Å². The lowest BCUT2D eigenvalue weighted by Crippen LogP contribution is -2.59. The molecule has 2 heterocycles. The van der Waals surface area contributed by atoms with Gasteiger partial charge in [0.25, 0.3) is 5.91 Å². The lowest BCUT2D eigenvalue weighted by atomic mass is 10.0. The predicted octanol–water partition coefficient (Wildman–Crippen LogP) is 2.17. The summed E-state index contributed by atoms with van der Waals surface area (Å²) in [5.41, 5.74) is 1.56. The minimum atomic E-state index is -0.442. The summed E-state index contributed by atoms with van der Waals surface area (Å²) in [6, 6.07) is 16.9. The zero-order valence-electron chi connectivity index (χ0n) is 17.7. The number of nitrogens with zero attached hydrogens (tertiary/aromatic N) is 3. The van der Waals surface area contributed by atoms with Crippen molar-refractivity contribution in [3.8, 4) is 5.75 Å². The van der Waals surface area contributed by atoms with E-state index < -0.39 is 11.8 Å². The molecule has 162 valence electrons. The quantitative estimate of drug-likeness (QED) is 0.694. The maximum Gasteiger partial charge on any atom is 0.312 e. The van der Waals surface area contributed by atoms with Crippen molar-refractivity contribution in [2.75, 3.05) is 33.3 Å². The number of carbonyl (C=O) groups is 3. The van der Waals surface area contributed by atoms with Crippen LogP contribution in [0.25, 0.3) is 0 Å². The van der Waals surface area contributed by atoms with E-state index in [1.807, 2.05) is 42.5 Å². The minimum Gasteiger partial charge on any atom is -0.496 e. The smallest absolute Gasteiger partial charge is 0.312 e. The number of amides is 3. The highest BCUT2D eigenvalue weighted by atomic mass is 16.5. The molecule has 0 spiro atoms. The summed E-state index contributed by atoms with van der Waals surface area (Å²) in [6.07, 6.45) is 1.33. The summed E-state index contributed by atoms with van der Waals surface area (Å²) < 4.78 is 5.31. The van der Waals surface area contributed by atoms with E-state index in [0.717, 1.165) is 5.56 Å². The molecule has 7 nitrogen and oxygen atoms in total. The summed E-state index contributed by atoms with van der Waals surface area (Å²) >= 11 is 0. The molecule has 0 aliphatic carbocycles. The molecule has 2 aromatic rings. The summed E-state index contributed by atoms with van der Waals surface area (Å²) in [5, 5.41) is 0. The van der Waals surface area contributed by atoms with Crippen LogP contribution in [0.2, 0.25) is 0 Å². The Morgan fingerprint density at radius 2 is 1.58 bits per heavy atom. The summed E-state index contributed by atoms with van der Waals surface area (Å²) in [4.78, 5) is 43.5. The fourth-order valence-electron chi connectivity index (χ4n) is 4.37. The molecular formula is C24H27N3O4. The van der Waals surface area contributed by atoms with Crippen molar-refractivity contribution >= 4 is 17.7 Å². The third kappa shape index (κ3) is 4.40. The van der Waals surface area contributed by atoms with Crippen LogP contribution in [0.4, 0.5) is 0 Å². The van der Waals surface area contributed by atoms with Crippen LogP contribution in [-0.4, -0.2) is 71.8 Å². The van der Waals surface area contributed by atoms with E-state index in [0.29, 0.717) is 56.9 Å². The molecule has 2 aliphatic heterocycles. The van der Waals surface area contributed by atoms with Crippen LogP contribution < -0.4 is 4.74 Å². The van der Waals surface area contributed by atoms with Gasteiger partial charge in [-0.15, -0.1) is 0 Å². The number of methoxy groups -OCH3 is 1. The van der Waals surface area contributed by atoms with Gasteiger partial charge in [-0.2, -0.15) is 0 Å². The molecule has 0 bridgehead atoms. The molecule has 2 aliphatic rings. The van der Waals surface area contributed by atoms with E-state index in [2.05, 4.69) is 0 Å². The van der Waals surface area contributed by atoms with E-state index in [9.17, 15) is 14.4 Å². The van der Waals surface area contributed by atoms with Crippen molar-refractivity contribution in [2.24, 2.45) is 0 Å². The first-order valence-electron chi connectivity index (χ1n) is 10.6. The number of ether oxygens (including phenoxy) is 1. The fraction of sp³-hybridized carbons (Fsp3) is 0.375. The van der Waals surface area contributed by atoms with Crippen LogP contribution in [0.3, 0.4) is 0 Å². The predicted molar refractivity (Wildman–Crippen MR) is 115 cm³/mol. The Bertz CT molecular complexity index is 954. The molecule has 4 rings (SSSR count). The van der Waals surface area contributed by atoms with Crippen LogP contribution >= 0.6 is 0 Å². The molecule has 0 radical (unpaired) electrons. The molecule has 2 aromatic carbocycles. The first-order valence-corrected chi connectivity index (χ1v) is 10.6. The second kappa shape index (κ2) is 9.20. The molecule has 3 amide bonds. The highest BCUT2D eigenvalue weighted by Crippen LogP contribution is 2.24. The number of rotatable bonds is 5. The highest BCUT2D eigenvalue weighted by Gasteiger charge is 2.38. The molecule has 2 saturated heterocycles. The number of carbonyl (C=O) groups excluding carboxylic acids is 3. The standard InChI is InChI=1S/C24H27N3O4/c1-31-21-10-6-5-9-20(21)22(28)25-13-11-19(12-14-25)27-16-15-26(23(29)24(27)30)17-18-7-3-2-4-8-18/h2-10,19H,11-17H2,1H3. The molecule has 0 unspecified atom stereocenters. The Balaban J connectivity index is 1.34. The fourth-order valence-corrected chi connectivity index (χ4v) is 4.37. The lowest BCUT2D eigenvalue weighted by molar-refractivity contribution is -0.158. The van der Waals surface area contributed by atoms with Crippen molar-refractivity contribution in [3.63, 3.8) is 0 Å². The SMILES string of the molecule is COc1ccccc1C(=O)N1CCC(N2CCN(Cc3ccccc3)C(=O)C2=O)CC1. The Morgan fingerprint density at radius 3 is 2.29 bits per heavy atom. The van der Waals surface area contributed by atoms with Crippen LogP contribution in [0.15, 0.2) is 54.6 Å². The van der Waals surface area contributed by atoms with Gasteiger partial charge in [-0.1, -0.05) is 42.5 Å². The van der Waals surface area contributed by atoms with Crippen molar-refractivity contribution < 1.29 is 19.1 Å². The van der Waals surface area contributed by atoms with Crippen molar-refractivity contribution in [2.45, 2.75) is 25.4 Å². The second-order valence-corrected chi connectivity index (χ2v) is 7.93. The minimum absolute atomic E-state index is 0.0166. The number of hydrogen-bond donors (Lipinski definition) is 0. The molecule has 31 heavy (non-hydrogen) atoms. The zero-order chi connectivity index (χ0) is 21.8. The maximum atomic E-state index is 12.9. The van der Waals surface area contributed by atoms with Crippen LogP contribution in [0, 0.1) is 0 Å². The van der Waals surface area contributed by atoms with Gasteiger partial charge in [0.05, 0.1) is 12.7 Å². The molecular weight excluding hydrogens is 394 g/mol. The van der Waals surface area contributed by atoms with Gasteiger partial charge < -0.3 is 19.4 Å². The largest absolute Gasteiger partial charge is 0.496 e. The van der Waals surface area contributed by atoms with Crippen molar-refractivity contribution in [1.29, 1.82) is 0 Å². The molecule has 7 heteroatoms. The van der Waals surface area contributed by atoms with Crippen LogP contribution in [-0.2, 0) is 16.1 Å². The first-order chi connectivity index (χ1) is 15.1. The van der Waals surface area contributed by atoms with Crippen LogP contribution in [0.5, 0.6) is 5.75 Å². The normalized spacial score (nSPS) is 17.8. The third-order valence-electron chi connectivity index (χ3n) is 6.09.